The molecule has 0 saturated heterocycles. The van der Waals surface area contributed by atoms with E-state index < -0.39 is 0 Å². The largest absolute Gasteiger partial charge is 0.466 e. The van der Waals surface area contributed by atoms with Crippen molar-refractivity contribution in [2.75, 3.05) is 13.2 Å². The number of allylic oxidation sites excluding steroid dienone is 1. The number of aliphatic hydroxyl groups excluding tert-OH is 1. The number of hydrogen-bond donors (Lipinski definition) is 1. The first-order valence-electron chi connectivity index (χ1n) is 4.16. The highest BCUT2D eigenvalue weighted by molar-refractivity contribution is 5.65. The second kappa shape index (κ2) is 8.27. The van der Waals surface area contributed by atoms with Crippen molar-refractivity contribution in [1.29, 1.82) is 0 Å². The van der Waals surface area contributed by atoms with Crippen molar-refractivity contribution < 1.29 is 14.6 Å². The fourth-order valence-corrected chi connectivity index (χ4v) is 0.716. The van der Waals surface area contributed by atoms with E-state index in [2.05, 4.69) is 0 Å². The van der Waals surface area contributed by atoms with Crippen LogP contribution in [0.2, 0.25) is 0 Å². The van der Waals surface area contributed by atoms with Crippen LogP contribution in [-0.2, 0) is 9.53 Å². The zero-order valence-corrected chi connectivity index (χ0v) is 7.45. The predicted octanol–water partition coefficient (Wildman–Crippen LogP) is 1.27. The minimum Gasteiger partial charge on any atom is -0.466 e. The lowest BCUT2D eigenvalue weighted by atomic mass is 10.3. The monoisotopic (exact) mass is 172 g/mol. The first-order valence-corrected chi connectivity index (χ1v) is 4.16. The molecule has 0 bridgehead atoms. The molecular weight excluding hydrogens is 156 g/mol. The lowest BCUT2D eigenvalue weighted by Gasteiger charge is -1.96. The third-order valence-electron chi connectivity index (χ3n) is 1.29. The highest BCUT2D eigenvalue weighted by Gasteiger charge is 1.88. The number of rotatable bonds is 6. The molecule has 3 nitrogen and oxygen atoms in total. The van der Waals surface area contributed by atoms with Gasteiger partial charge in [0.2, 0.25) is 0 Å². The third-order valence-corrected chi connectivity index (χ3v) is 1.29. The molecule has 0 atom stereocenters. The van der Waals surface area contributed by atoms with Gasteiger partial charge in [0.05, 0.1) is 6.61 Å². The highest BCUT2D eigenvalue weighted by atomic mass is 16.5. The average Bonchev–Trinajstić information content (AvgIpc) is 2.02. The van der Waals surface area contributed by atoms with Gasteiger partial charge in [-0.05, 0) is 19.3 Å². The van der Waals surface area contributed by atoms with E-state index in [9.17, 15) is 4.79 Å². The summed E-state index contributed by atoms with van der Waals surface area (Å²) in [5.41, 5.74) is 0. The van der Waals surface area contributed by atoms with Gasteiger partial charge in [0, 0.05) is 13.5 Å². The molecule has 0 heterocycles. The van der Waals surface area contributed by atoms with Gasteiger partial charge in [-0.1, -0.05) is 12.2 Å². The molecular formula is C9H16O3. The zero-order chi connectivity index (χ0) is 9.23. The van der Waals surface area contributed by atoms with E-state index in [4.69, 9.17) is 9.84 Å². The van der Waals surface area contributed by atoms with Crippen LogP contribution in [0.3, 0.4) is 0 Å². The average molecular weight is 172 g/mol. The molecule has 12 heavy (non-hydrogen) atoms. The minimum atomic E-state index is -0.237. The lowest BCUT2D eigenvalue weighted by Crippen LogP contribution is -1.98. The van der Waals surface area contributed by atoms with Gasteiger partial charge in [0.15, 0.2) is 0 Å². The molecule has 0 aliphatic heterocycles. The second-order valence-corrected chi connectivity index (χ2v) is 2.47. The SMILES string of the molecule is CC(=O)OCCC=CCCCO. The van der Waals surface area contributed by atoms with Gasteiger partial charge in [-0.15, -0.1) is 0 Å². The zero-order valence-electron chi connectivity index (χ0n) is 7.45. The number of carbonyl (C=O) groups is 1. The van der Waals surface area contributed by atoms with Crippen LogP contribution in [0.15, 0.2) is 12.2 Å². The highest BCUT2D eigenvalue weighted by Crippen LogP contribution is 1.92. The van der Waals surface area contributed by atoms with Gasteiger partial charge < -0.3 is 9.84 Å². The summed E-state index contributed by atoms with van der Waals surface area (Å²) in [5, 5.41) is 8.44. The van der Waals surface area contributed by atoms with Crippen molar-refractivity contribution in [2.24, 2.45) is 0 Å². The van der Waals surface area contributed by atoms with Crippen LogP contribution in [0, 0.1) is 0 Å². The Morgan fingerprint density at radius 1 is 1.42 bits per heavy atom. The molecule has 0 aromatic rings. The van der Waals surface area contributed by atoms with Crippen molar-refractivity contribution in [3.63, 3.8) is 0 Å². The summed E-state index contributed by atoms with van der Waals surface area (Å²) in [6, 6.07) is 0. The summed E-state index contributed by atoms with van der Waals surface area (Å²) < 4.78 is 4.71. The van der Waals surface area contributed by atoms with Gasteiger partial charge in [-0.25, -0.2) is 0 Å². The molecule has 0 amide bonds. The van der Waals surface area contributed by atoms with Crippen LogP contribution in [0.1, 0.15) is 26.2 Å². The van der Waals surface area contributed by atoms with Gasteiger partial charge in [-0.3, -0.25) is 4.79 Å². The van der Waals surface area contributed by atoms with E-state index in [1.54, 1.807) is 0 Å². The maximum Gasteiger partial charge on any atom is 0.302 e. The third kappa shape index (κ3) is 9.17. The first kappa shape index (κ1) is 11.2. The number of hydrogen-bond acceptors (Lipinski definition) is 3. The van der Waals surface area contributed by atoms with Crippen molar-refractivity contribution in [2.45, 2.75) is 26.2 Å². The van der Waals surface area contributed by atoms with E-state index >= 15 is 0 Å². The maximum absolute atomic E-state index is 10.3. The van der Waals surface area contributed by atoms with Gasteiger partial charge in [0.1, 0.15) is 0 Å². The molecule has 0 aliphatic carbocycles. The van der Waals surface area contributed by atoms with Crippen LogP contribution in [0.25, 0.3) is 0 Å². The molecule has 0 saturated carbocycles. The Bertz CT molecular complexity index is 141. The molecule has 0 spiro atoms. The van der Waals surface area contributed by atoms with Crippen LogP contribution >= 0.6 is 0 Å². The van der Waals surface area contributed by atoms with Crippen molar-refractivity contribution in [1.82, 2.24) is 0 Å². The summed E-state index contributed by atoms with van der Waals surface area (Å²) >= 11 is 0. The Kier molecular flexibility index (Phi) is 7.70. The Morgan fingerprint density at radius 2 is 2.08 bits per heavy atom. The van der Waals surface area contributed by atoms with E-state index in [0.29, 0.717) is 6.61 Å². The fourth-order valence-electron chi connectivity index (χ4n) is 0.716. The summed E-state index contributed by atoms with van der Waals surface area (Å²) in [7, 11) is 0. The quantitative estimate of drug-likeness (QED) is 0.373. The van der Waals surface area contributed by atoms with Crippen LogP contribution in [0.5, 0.6) is 0 Å². The summed E-state index contributed by atoms with van der Waals surface area (Å²) in [6.07, 6.45) is 6.38. The Morgan fingerprint density at radius 3 is 2.67 bits per heavy atom. The van der Waals surface area contributed by atoms with E-state index in [1.807, 2.05) is 12.2 Å². The second-order valence-electron chi connectivity index (χ2n) is 2.47. The molecule has 0 fully saturated rings. The van der Waals surface area contributed by atoms with E-state index in [-0.39, 0.29) is 12.6 Å². The van der Waals surface area contributed by atoms with Crippen molar-refractivity contribution in [3.05, 3.63) is 12.2 Å². The Balaban J connectivity index is 3.08. The summed E-state index contributed by atoms with van der Waals surface area (Å²) in [5.74, 6) is -0.237. The molecule has 3 heteroatoms. The molecule has 0 aromatic heterocycles. The maximum atomic E-state index is 10.3. The van der Waals surface area contributed by atoms with E-state index in [0.717, 1.165) is 19.3 Å². The molecule has 0 aromatic carbocycles. The summed E-state index contributed by atoms with van der Waals surface area (Å²) in [4.78, 5) is 10.3. The first-order chi connectivity index (χ1) is 5.77. The van der Waals surface area contributed by atoms with Gasteiger partial charge in [-0.2, -0.15) is 0 Å². The molecule has 70 valence electrons. The molecule has 0 unspecified atom stereocenters. The molecule has 0 rings (SSSR count). The Hall–Kier alpha value is -0.830. The molecule has 0 radical (unpaired) electrons. The molecule has 0 aliphatic rings. The number of aliphatic hydroxyl groups is 1. The van der Waals surface area contributed by atoms with Crippen LogP contribution < -0.4 is 0 Å². The minimum absolute atomic E-state index is 0.230. The van der Waals surface area contributed by atoms with Gasteiger partial charge in [0.25, 0.3) is 0 Å². The Labute approximate surface area is 73.0 Å². The summed E-state index contributed by atoms with van der Waals surface area (Å²) in [6.45, 7) is 2.08. The van der Waals surface area contributed by atoms with Gasteiger partial charge >= 0.3 is 5.97 Å². The number of carbonyl (C=O) groups excluding carboxylic acids is 1. The number of unbranched alkanes of at least 4 members (excludes halogenated alkanes) is 1. The lowest BCUT2D eigenvalue weighted by molar-refractivity contribution is -0.140. The van der Waals surface area contributed by atoms with Crippen molar-refractivity contribution in [3.8, 4) is 0 Å². The topological polar surface area (TPSA) is 46.5 Å². The van der Waals surface area contributed by atoms with E-state index in [1.165, 1.54) is 6.92 Å². The standard InChI is InChI=1S/C9H16O3/c1-9(11)12-8-6-4-2-3-5-7-10/h2,4,10H,3,5-8H2,1H3. The van der Waals surface area contributed by atoms with Crippen molar-refractivity contribution >= 4 is 5.97 Å². The fraction of sp³-hybridized carbons (Fsp3) is 0.667. The predicted molar refractivity (Wildman–Crippen MR) is 46.7 cm³/mol. The molecule has 1 N–H and O–H groups in total. The number of ether oxygens (including phenoxy) is 1. The number of esters is 1. The smallest absolute Gasteiger partial charge is 0.302 e. The van der Waals surface area contributed by atoms with Crippen LogP contribution in [-0.4, -0.2) is 24.3 Å². The van der Waals surface area contributed by atoms with Crippen LogP contribution in [0.4, 0.5) is 0 Å². The normalized spacial score (nSPS) is 10.5.